The Morgan fingerprint density at radius 1 is 1.12 bits per heavy atom. The molecule has 0 aliphatic carbocycles. The average Bonchev–Trinajstić information content (AvgIpc) is 3.13. The molecule has 0 saturated carbocycles. The predicted octanol–water partition coefficient (Wildman–Crippen LogP) is 4.03. The molecule has 4 nitrogen and oxygen atoms in total. The Labute approximate surface area is 152 Å². The van der Waals surface area contributed by atoms with Crippen molar-refractivity contribution in [1.29, 1.82) is 0 Å². The van der Waals surface area contributed by atoms with Gasteiger partial charge >= 0.3 is 0 Å². The van der Waals surface area contributed by atoms with Crippen LogP contribution in [0.1, 0.15) is 24.2 Å². The summed E-state index contributed by atoms with van der Waals surface area (Å²) in [6.07, 6.45) is 0. The number of thiazole rings is 1. The van der Waals surface area contributed by atoms with Gasteiger partial charge in [0.25, 0.3) is 0 Å². The normalized spacial score (nSPS) is 12.1. The lowest BCUT2D eigenvalue weighted by Gasteiger charge is -2.15. The zero-order valence-electron chi connectivity index (χ0n) is 14.2. The van der Waals surface area contributed by atoms with Crippen LogP contribution in [0.25, 0.3) is 10.6 Å². The third-order valence-electron chi connectivity index (χ3n) is 3.88. The standard InChI is InChI=1S/C20H22N2O2S/c1-2-24-18-10-8-16(9-11-18)20-22-17(14-25-20)12-21-19(13-23)15-6-4-3-5-7-15/h3-11,14,19,21,23H,2,12-13H2,1H3/t19-/m1/s1. The van der Waals surface area contributed by atoms with E-state index in [0.717, 1.165) is 27.6 Å². The summed E-state index contributed by atoms with van der Waals surface area (Å²) in [6.45, 7) is 3.32. The Bertz CT molecular complexity index is 772. The first-order valence-electron chi connectivity index (χ1n) is 8.37. The predicted molar refractivity (Wildman–Crippen MR) is 102 cm³/mol. The van der Waals surface area contributed by atoms with E-state index in [2.05, 4.69) is 15.7 Å². The van der Waals surface area contributed by atoms with Crippen LogP contribution in [0.15, 0.2) is 60.0 Å². The fourth-order valence-corrected chi connectivity index (χ4v) is 3.41. The van der Waals surface area contributed by atoms with Gasteiger partial charge in [-0.1, -0.05) is 30.3 Å². The van der Waals surface area contributed by atoms with Gasteiger partial charge in [0.15, 0.2) is 0 Å². The second kappa shape index (κ2) is 8.76. The molecular weight excluding hydrogens is 332 g/mol. The summed E-state index contributed by atoms with van der Waals surface area (Å²) in [5.74, 6) is 0.873. The van der Waals surface area contributed by atoms with Gasteiger partial charge in [-0.05, 0) is 36.8 Å². The molecule has 2 N–H and O–H groups in total. The fraction of sp³-hybridized carbons (Fsp3) is 0.250. The number of aromatic nitrogens is 1. The zero-order valence-corrected chi connectivity index (χ0v) is 15.0. The maximum Gasteiger partial charge on any atom is 0.123 e. The first kappa shape index (κ1) is 17.6. The molecule has 0 unspecified atom stereocenters. The van der Waals surface area contributed by atoms with Gasteiger partial charge in [-0.2, -0.15) is 0 Å². The molecule has 1 aromatic heterocycles. The van der Waals surface area contributed by atoms with Gasteiger partial charge in [0.1, 0.15) is 10.8 Å². The van der Waals surface area contributed by atoms with Gasteiger partial charge in [0.2, 0.25) is 0 Å². The summed E-state index contributed by atoms with van der Waals surface area (Å²) < 4.78 is 5.47. The van der Waals surface area contributed by atoms with Crippen LogP contribution >= 0.6 is 11.3 Å². The quantitative estimate of drug-likeness (QED) is 0.641. The number of hydrogen-bond donors (Lipinski definition) is 2. The van der Waals surface area contributed by atoms with Gasteiger partial charge in [-0.25, -0.2) is 4.98 Å². The topological polar surface area (TPSA) is 54.4 Å². The molecule has 0 spiro atoms. The summed E-state index contributed by atoms with van der Waals surface area (Å²) in [5, 5.41) is 16.0. The number of rotatable bonds is 8. The van der Waals surface area contributed by atoms with Crippen LogP contribution in [0.4, 0.5) is 0 Å². The third-order valence-corrected chi connectivity index (χ3v) is 4.82. The number of hydrogen-bond acceptors (Lipinski definition) is 5. The highest BCUT2D eigenvalue weighted by Gasteiger charge is 2.11. The van der Waals surface area contributed by atoms with E-state index < -0.39 is 0 Å². The van der Waals surface area contributed by atoms with Crippen LogP contribution in [0.2, 0.25) is 0 Å². The number of aliphatic hydroxyl groups is 1. The number of benzene rings is 2. The molecule has 0 saturated heterocycles. The van der Waals surface area contributed by atoms with Crippen molar-refractivity contribution in [2.75, 3.05) is 13.2 Å². The molecule has 0 aliphatic rings. The van der Waals surface area contributed by atoms with Crippen molar-refractivity contribution in [3.63, 3.8) is 0 Å². The Hall–Kier alpha value is -2.21. The minimum Gasteiger partial charge on any atom is -0.494 e. The first-order valence-corrected chi connectivity index (χ1v) is 9.25. The van der Waals surface area contributed by atoms with E-state index in [1.807, 2.05) is 61.5 Å². The summed E-state index contributed by atoms with van der Waals surface area (Å²) in [4.78, 5) is 4.69. The molecular formula is C20H22N2O2S. The lowest BCUT2D eigenvalue weighted by molar-refractivity contribution is 0.243. The molecule has 0 aliphatic heterocycles. The molecule has 0 amide bonds. The average molecular weight is 354 g/mol. The van der Waals surface area contributed by atoms with Crippen molar-refractivity contribution in [2.45, 2.75) is 19.5 Å². The molecule has 1 heterocycles. The Balaban J connectivity index is 1.63. The van der Waals surface area contributed by atoms with Crippen molar-refractivity contribution in [2.24, 2.45) is 0 Å². The molecule has 2 aromatic carbocycles. The van der Waals surface area contributed by atoms with Crippen molar-refractivity contribution in [1.82, 2.24) is 10.3 Å². The summed E-state index contributed by atoms with van der Waals surface area (Å²) in [5.41, 5.74) is 3.14. The molecule has 1 atom stereocenters. The van der Waals surface area contributed by atoms with Gasteiger partial charge in [-0.3, -0.25) is 0 Å². The summed E-state index contributed by atoms with van der Waals surface area (Å²) >= 11 is 1.62. The molecule has 3 aromatic rings. The van der Waals surface area contributed by atoms with Crippen LogP contribution in [0.5, 0.6) is 5.75 Å². The highest BCUT2D eigenvalue weighted by molar-refractivity contribution is 7.13. The van der Waals surface area contributed by atoms with Crippen molar-refractivity contribution >= 4 is 11.3 Å². The Kier molecular flexibility index (Phi) is 6.17. The van der Waals surface area contributed by atoms with Crippen molar-refractivity contribution in [3.8, 4) is 16.3 Å². The van der Waals surface area contributed by atoms with Crippen LogP contribution in [-0.4, -0.2) is 23.3 Å². The van der Waals surface area contributed by atoms with E-state index in [1.165, 1.54) is 0 Å². The first-order chi connectivity index (χ1) is 12.3. The monoisotopic (exact) mass is 354 g/mol. The van der Waals surface area contributed by atoms with E-state index >= 15 is 0 Å². The maximum atomic E-state index is 9.62. The lowest BCUT2D eigenvalue weighted by atomic mass is 10.1. The van der Waals surface area contributed by atoms with Gasteiger partial charge in [-0.15, -0.1) is 11.3 Å². The highest BCUT2D eigenvalue weighted by Crippen LogP contribution is 2.26. The maximum absolute atomic E-state index is 9.62. The molecule has 0 radical (unpaired) electrons. The van der Waals surface area contributed by atoms with Gasteiger partial charge in [0, 0.05) is 17.5 Å². The van der Waals surface area contributed by atoms with Gasteiger partial charge in [0.05, 0.1) is 24.9 Å². The Morgan fingerprint density at radius 2 is 1.88 bits per heavy atom. The van der Waals surface area contributed by atoms with Crippen LogP contribution in [-0.2, 0) is 6.54 Å². The summed E-state index contributed by atoms with van der Waals surface area (Å²) in [7, 11) is 0. The molecule has 0 bridgehead atoms. The van der Waals surface area contributed by atoms with Crippen LogP contribution in [0, 0.1) is 0 Å². The van der Waals surface area contributed by atoms with Crippen molar-refractivity contribution < 1.29 is 9.84 Å². The lowest BCUT2D eigenvalue weighted by Crippen LogP contribution is -2.24. The summed E-state index contributed by atoms with van der Waals surface area (Å²) in [6, 6.07) is 17.9. The van der Waals surface area contributed by atoms with E-state index in [-0.39, 0.29) is 12.6 Å². The third kappa shape index (κ3) is 4.66. The van der Waals surface area contributed by atoms with Crippen molar-refractivity contribution in [3.05, 3.63) is 71.2 Å². The number of nitrogens with one attached hydrogen (secondary N) is 1. The van der Waals surface area contributed by atoms with E-state index in [4.69, 9.17) is 4.74 Å². The van der Waals surface area contributed by atoms with E-state index in [1.54, 1.807) is 11.3 Å². The minimum atomic E-state index is -0.0863. The smallest absolute Gasteiger partial charge is 0.123 e. The van der Waals surface area contributed by atoms with E-state index in [9.17, 15) is 5.11 Å². The molecule has 25 heavy (non-hydrogen) atoms. The SMILES string of the molecule is CCOc1ccc(-c2nc(CN[C@H](CO)c3ccccc3)cs2)cc1. The number of ether oxygens (including phenoxy) is 1. The zero-order chi connectivity index (χ0) is 17.5. The second-order valence-corrected chi connectivity index (χ2v) is 6.49. The Morgan fingerprint density at radius 3 is 2.56 bits per heavy atom. The van der Waals surface area contributed by atoms with Gasteiger partial charge < -0.3 is 15.2 Å². The number of nitrogens with zero attached hydrogens (tertiary/aromatic N) is 1. The largest absolute Gasteiger partial charge is 0.494 e. The highest BCUT2D eigenvalue weighted by atomic mass is 32.1. The minimum absolute atomic E-state index is 0.0555. The van der Waals surface area contributed by atoms with E-state index in [0.29, 0.717) is 13.2 Å². The van der Waals surface area contributed by atoms with Crippen LogP contribution in [0.3, 0.4) is 0 Å². The molecule has 5 heteroatoms. The molecule has 0 fully saturated rings. The molecule has 3 rings (SSSR count). The fourth-order valence-electron chi connectivity index (χ4n) is 2.58. The second-order valence-electron chi connectivity index (χ2n) is 5.63. The van der Waals surface area contributed by atoms with Crippen LogP contribution < -0.4 is 10.1 Å². The number of aliphatic hydroxyl groups excluding tert-OH is 1. The molecule has 130 valence electrons.